The third kappa shape index (κ3) is 1.78. The zero-order valence-corrected chi connectivity index (χ0v) is 7.04. The first-order valence-electron chi connectivity index (χ1n) is 3.56. The third-order valence-corrected chi connectivity index (χ3v) is 1.64. The van der Waals surface area contributed by atoms with Crippen LogP contribution in [0.5, 0.6) is 0 Å². The van der Waals surface area contributed by atoms with Gasteiger partial charge in [0.2, 0.25) is 0 Å². The van der Waals surface area contributed by atoms with E-state index >= 15 is 0 Å². The fourth-order valence-corrected chi connectivity index (χ4v) is 0.792. The van der Waals surface area contributed by atoms with Gasteiger partial charge in [0.15, 0.2) is 0 Å². The van der Waals surface area contributed by atoms with E-state index in [1.54, 1.807) is 19.9 Å². The van der Waals surface area contributed by atoms with E-state index in [1.807, 2.05) is 0 Å². The summed E-state index contributed by atoms with van der Waals surface area (Å²) in [5.41, 5.74) is -0.0698. The molecule has 1 heterocycles. The molecule has 2 N–H and O–H groups in total. The maximum atomic E-state index is 12.4. The first-order valence-corrected chi connectivity index (χ1v) is 3.56. The number of pyridine rings is 1. The molecule has 0 aliphatic rings. The highest BCUT2D eigenvalue weighted by atomic mass is 19.1. The minimum absolute atomic E-state index is 0.369. The van der Waals surface area contributed by atoms with Crippen LogP contribution in [0.1, 0.15) is 19.5 Å². The van der Waals surface area contributed by atoms with Gasteiger partial charge in [0.05, 0.1) is 11.9 Å². The molecule has 1 aromatic heterocycles. The van der Waals surface area contributed by atoms with Crippen LogP contribution in [0.15, 0.2) is 18.3 Å². The summed E-state index contributed by atoms with van der Waals surface area (Å²) in [6.07, 6.45) is 1.14. The molecule has 0 amide bonds. The van der Waals surface area contributed by atoms with Gasteiger partial charge in [-0.1, -0.05) is 0 Å². The molecule has 66 valence electrons. The van der Waals surface area contributed by atoms with Crippen molar-refractivity contribution in [2.45, 2.75) is 19.4 Å². The normalized spacial score (nSPS) is 11.7. The van der Waals surface area contributed by atoms with E-state index in [-0.39, 0.29) is 5.82 Å². The van der Waals surface area contributed by atoms with Gasteiger partial charge in [-0.3, -0.25) is 9.82 Å². The van der Waals surface area contributed by atoms with E-state index in [0.29, 0.717) is 5.69 Å². The van der Waals surface area contributed by atoms with Gasteiger partial charge in [-0.15, -0.1) is 0 Å². The van der Waals surface area contributed by atoms with Gasteiger partial charge in [-0.25, -0.2) is 10.3 Å². The SMILES string of the molecule is CC(C)(ON)c1ccc(F)cn1. The highest BCUT2D eigenvalue weighted by molar-refractivity contribution is 5.11. The zero-order valence-electron chi connectivity index (χ0n) is 7.04. The standard InChI is InChI=1S/C8H11FN2O/c1-8(2,12-10)7-4-3-6(9)5-11-7/h3-5H,10H2,1-2H3. The second-order valence-corrected chi connectivity index (χ2v) is 2.99. The second-order valence-electron chi connectivity index (χ2n) is 2.99. The fourth-order valence-electron chi connectivity index (χ4n) is 0.792. The minimum atomic E-state index is -0.673. The topological polar surface area (TPSA) is 48.1 Å². The van der Waals surface area contributed by atoms with Gasteiger partial charge in [0.25, 0.3) is 0 Å². The first-order chi connectivity index (χ1) is 5.56. The summed E-state index contributed by atoms with van der Waals surface area (Å²) in [6.45, 7) is 3.51. The van der Waals surface area contributed by atoms with Gasteiger partial charge in [0.1, 0.15) is 11.4 Å². The van der Waals surface area contributed by atoms with Crippen LogP contribution >= 0.6 is 0 Å². The summed E-state index contributed by atoms with van der Waals surface area (Å²) in [5.74, 6) is 4.67. The quantitative estimate of drug-likeness (QED) is 0.681. The van der Waals surface area contributed by atoms with E-state index in [4.69, 9.17) is 5.90 Å². The average Bonchev–Trinajstić information content (AvgIpc) is 2.05. The van der Waals surface area contributed by atoms with Gasteiger partial charge in [-0.05, 0) is 26.0 Å². The van der Waals surface area contributed by atoms with Crippen LogP contribution in [0, 0.1) is 5.82 Å². The van der Waals surface area contributed by atoms with E-state index in [2.05, 4.69) is 9.82 Å². The van der Waals surface area contributed by atoms with Crippen LogP contribution in [-0.2, 0) is 10.4 Å². The smallest absolute Gasteiger partial charge is 0.141 e. The molecule has 0 saturated heterocycles. The summed E-state index contributed by atoms with van der Waals surface area (Å²) in [4.78, 5) is 8.52. The van der Waals surface area contributed by atoms with Crippen molar-refractivity contribution in [3.63, 3.8) is 0 Å². The monoisotopic (exact) mass is 170 g/mol. The molecule has 0 radical (unpaired) electrons. The summed E-state index contributed by atoms with van der Waals surface area (Å²) >= 11 is 0. The number of hydrogen-bond acceptors (Lipinski definition) is 3. The lowest BCUT2D eigenvalue weighted by Gasteiger charge is -2.20. The Morgan fingerprint density at radius 3 is 2.58 bits per heavy atom. The molecule has 0 bridgehead atoms. The Morgan fingerprint density at radius 1 is 1.50 bits per heavy atom. The lowest BCUT2D eigenvalue weighted by Crippen LogP contribution is -2.26. The Bertz CT molecular complexity index is 258. The maximum absolute atomic E-state index is 12.4. The predicted octanol–water partition coefficient (Wildman–Crippen LogP) is 1.35. The molecule has 3 nitrogen and oxygen atoms in total. The Morgan fingerprint density at radius 2 is 2.17 bits per heavy atom. The Hall–Kier alpha value is -1.00. The molecular formula is C8H11FN2O. The Labute approximate surface area is 70.3 Å². The lowest BCUT2D eigenvalue weighted by molar-refractivity contribution is -0.0268. The van der Waals surface area contributed by atoms with Crippen LogP contribution < -0.4 is 5.90 Å². The predicted molar refractivity (Wildman–Crippen MR) is 42.5 cm³/mol. The highest BCUT2D eigenvalue weighted by Crippen LogP contribution is 2.19. The largest absolute Gasteiger partial charge is 0.292 e. The molecule has 12 heavy (non-hydrogen) atoms. The van der Waals surface area contributed by atoms with E-state index < -0.39 is 5.60 Å². The van der Waals surface area contributed by atoms with Crippen molar-refractivity contribution in [3.8, 4) is 0 Å². The molecule has 0 saturated carbocycles. The molecular weight excluding hydrogens is 159 g/mol. The third-order valence-electron chi connectivity index (χ3n) is 1.64. The molecule has 0 aliphatic heterocycles. The highest BCUT2D eigenvalue weighted by Gasteiger charge is 2.21. The van der Waals surface area contributed by atoms with Crippen LogP contribution in [0.3, 0.4) is 0 Å². The molecule has 1 aromatic rings. The van der Waals surface area contributed by atoms with E-state index in [1.165, 1.54) is 6.07 Å². The van der Waals surface area contributed by atoms with Crippen molar-refractivity contribution >= 4 is 0 Å². The molecule has 4 heteroatoms. The lowest BCUT2D eigenvalue weighted by atomic mass is 10.1. The number of aromatic nitrogens is 1. The zero-order chi connectivity index (χ0) is 9.19. The number of nitrogens with zero attached hydrogens (tertiary/aromatic N) is 1. The van der Waals surface area contributed by atoms with Gasteiger partial charge in [-0.2, -0.15) is 0 Å². The summed E-state index contributed by atoms with van der Waals surface area (Å²) in [6, 6.07) is 2.87. The van der Waals surface area contributed by atoms with Crippen molar-refractivity contribution in [3.05, 3.63) is 29.8 Å². The number of halogens is 1. The van der Waals surface area contributed by atoms with Crippen molar-refractivity contribution in [1.82, 2.24) is 4.98 Å². The summed E-state index contributed by atoms with van der Waals surface area (Å²) < 4.78 is 12.4. The van der Waals surface area contributed by atoms with E-state index in [0.717, 1.165) is 6.20 Å². The van der Waals surface area contributed by atoms with Gasteiger partial charge >= 0.3 is 0 Å². The molecule has 0 aliphatic carbocycles. The maximum Gasteiger partial charge on any atom is 0.141 e. The number of hydrogen-bond donors (Lipinski definition) is 1. The number of rotatable bonds is 2. The molecule has 0 spiro atoms. The Balaban J connectivity index is 2.96. The van der Waals surface area contributed by atoms with Crippen molar-refractivity contribution < 1.29 is 9.23 Å². The molecule has 0 atom stereocenters. The number of nitrogens with two attached hydrogens (primary N) is 1. The van der Waals surface area contributed by atoms with Crippen LogP contribution in [0.2, 0.25) is 0 Å². The summed E-state index contributed by atoms with van der Waals surface area (Å²) in [5, 5.41) is 0. The Kier molecular flexibility index (Phi) is 2.40. The van der Waals surface area contributed by atoms with Crippen molar-refractivity contribution in [1.29, 1.82) is 0 Å². The molecule has 0 fully saturated rings. The van der Waals surface area contributed by atoms with Gasteiger partial charge < -0.3 is 0 Å². The second kappa shape index (κ2) is 3.16. The molecule has 0 unspecified atom stereocenters. The van der Waals surface area contributed by atoms with Crippen molar-refractivity contribution in [2.24, 2.45) is 5.90 Å². The molecule has 1 rings (SSSR count). The molecule has 0 aromatic carbocycles. The van der Waals surface area contributed by atoms with Crippen LogP contribution in [-0.4, -0.2) is 4.98 Å². The average molecular weight is 170 g/mol. The van der Waals surface area contributed by atoms with Gasteiger partial charge in [0, 0.05) is 0 Å². The van der Waals surface area contributed by atoms with Crippen LogP contribution in [0.4, 0.5) is 4.39 Å². The summed E-state index contributed by atoms with van der Waals surface area (Å²) in [7, 11) is 0. The fraction of sp³-hybridized carbons (Fsp3) is 0.375. The minimum Gasteiger partial charge on any atom is -0.292 e. The van der Waals surface area contributed by atoms with Crippen LogP contribution in [0.25, 0.3) is 0 Å². The van der Waals surface area contributed by atoms with Crippen molar-refractivity contribution in [2.75, 3.05) is 0 Å². The first kappa shape index (κ1) is 9.09. The van der Waals surface area contributed by atoms with E-state index in [9.17, 15) is 4.39 Å².